The molecule has 174 valence electrons. The lowest BCUT2D eigenvalue weighted by atomic mass is 9.98. The Balaban J connectivity index is 1.58. The summed E-state index contributed by atoms with van der Waals surface area (Å²) < 4.78 is 5.57. The smallest absolute Gasteiger partial charge is 0.414 e. The normalized spacial score (nSPS) is 16.5. The van der Waals surface area contributed by atoms with E-state index >= 15 is 0 Å². The van der Waals surface area contributed by atoms with E-state index in [2.05, 4.69) is 15.0 Å². The molecular formula is C25H19ClN6O3. The monoisotopic (exact) mass is 486 g/mol. The summed E-state index contributed by atoms with van der Waals surface area (Å²) in [7, 11) is 0. The summed E-state index contributed by atoms with van der Waals surface area (Å²) in [5.41, 5.74) is 12.7. The molecule has 2 aliphatic heterocycles. The van der Waals surface area contributed by atoms with Crippen molar-refractivity contribution in [2.75, 3.05) is 22.9 Å². The van der Waals surface area contributed by atoms with Crippen LogP contribution in [0.15, 0.2) is 82.9 Å². The minimum Gasteiger partial charge on any atom is -0.444 e. The third-order valence-corrected chi connectivity index (χ3v) is 6.04. The van der Waals surface area contributed by atoms with Crippen LogP contribution < -0.4 is 9.80 Å². The van der Waals surface area contributed by atoms with Crippen LogP contribution in [0.1, 0.15) is 16.7 Å². The Bertz CT molecular complexity index is 1390. The zero-order chi connectivity index (χ0) is 24.4. The predicted molar refractivity (Wildman–Crippen MR) is 133 cm³/mol. The maximum atomic E-state index is 13.3. The van der Waals surface area contributed by atoms with Gasteiger partial charge in [-0.3, -0.25) is 14.7 Å². The second-order valence-electron chi connectivity index (χ2n) is 7.92. The molecule has 2 amide bonds. The second kappa shape index (κ2) is 9.50. The van der Waals surface area contributed by atoms with Crippen LogP contribution in [0, 0.1) is 0 Å². The maximum absolute atomic E-state index is 13.3. The first-order valence-corrected chi connectivity index (χ1v) is 11.3. The topological polar surface area (TPSA) is 111 Å². The van der Waals surface area contributed by atoms with E-state index in [1.165, 1.54) is 9.80 Å². The molecule has 9 nitrogen and oxygen atoms in total. The van der Waals surface area contributed by atoms with Crippen LogP contribution >= 0.6 is 11.6 Å². The average molecular weight is 487 g/mol. The molecular weight excluding hydrogens is 468 g/mol. The Morgan fingerprint density at radius 3 is 2.69 bits per heavy atom. The molecule has 0 fully saturated rings. The predicted octanol–water partition coefficient (Wildman–Crippen LogP) is 5.32. The first kappa shape index (κ1) is 22.5. The van der Waals surface area contributed by atoms with Gasteiger partial charge in [-0.2, -0.15) is 0 Å². The highest BCUT2D eigenvalue weighted by atomic mass is 35.5. The van der Waals surface area contributed by atoms with Crippen LogP contribution in [0.5, 0.6) is 0 Å². The number of hydrogen-bond donors (Lipinski definition) is 0. The van der Waals surface area contributed by atoms with Crippen LogP contribution in [0.25, 0.3) is 10.4 Å². The number of nitrogens with zero attached hydrogens (tertiary/aromatic N) is 6. The number of ether oxygens (including phenoxy) is 1. The van der Waals surface area contributed by atoms with E-state index in [0.29, 0.717) is 33.2 Å². The van der Waals surface area contributed by atoms with Gasteiger partial charge in [0.1, 0.15) is 6.61 Å². The summed E-state index contributed by atoms with van der Waals surface area (Å²) in [6, 6.07) is 21.8. The number of rotatable bonds is 4. The number of azide groups is 1. The molecule has 0 spiro atoms. The molecule has 10 heteroatoms. The zero-order valence-corrected chi connectivity index (χ0v) is 19.2. The molecule has 1 atom stereocenters. The summed E-state index contributed by atoms with van der Waals surface area (Å²) in [4.78, 5) is 36.8. The van der Waals surface area contributed by atoms with Crippen molar-refractivity contribution in [3.63, 3.8) is 0 Å². The van der Waals surface area contributed by atoms with Crippen molar-refractivity contribution >= 4 is 40.7 Å². The van der Waals surface area contributed by atoms with Crippen molar-refractivity contribution in [3.8, 4) is 0 Å². The molecule has 0 aliphatic carbocycles. The van der Waals surface area contributed by atoms with Gasteiger partial charge in [-0.05, 0) is 29.3 Å². The van der Waals surface area contributed by atoms with Gasteiger partial charge >= 0.3 is 6.09 Å². The number of aliphatic imine (C=N–C) groups is 1. The Morgan fingerprint density at radius 2 is 1.91 bits per heavy atom. The lowest BCUT2D eigenvalue weighted by Gasteiger charge is -2.36. The van der Waals surface area contributed by atoms with Crippen molar-refractivity contribution in [1.82, 2.24) is 0 Å². The summed E-state index contributed by atoms with van der Waals surface area (Å²) >= 11 is 6.22. The van der Waals surface area contributed by atoms with Crippen molar-refractivity contribution in [1.29, 1.82) is 0 Å². The molecule has 2 heterocycles. The number of hydrogen-bond acceptors (Lipinski definition) is 5. The molecule has 5 rings (SSSR count). The van der Waals surface area contributed by atoms with E-state index in [4.69, 9.17) is 21.9 Å². The number of carbonyl (C=O) groups excluding carboxylic acids is 2. The quantitative estimate of drug-likeness (QED) is 0.282. The van der Waals surface area contributed by atoms with E-state index in [9.17, 15) is 9.59 Å². The van der Waals surface area contributed by atoms with Crippen molar-refractivity contribution < 1.29 is 14.3 Å². The van der Waals surface area contributed by atoms with Gasteiger partial charge in [0.2, 0.25) is 6.17 Å². The van der Waals surface area contributed by atoms with Crippen LogP contribution in [0.2, 0.25) is 5.02 Å². The molecule has 0 saturated heterocycles. The summed E-state index contributed by atoms with van der Waals surface area (Å²) in [6.45, 7) is 0.534. The van der Waals surface area contributed by atoms with Crippen molar-refractivity contribution in [2.45, 2.75) is 12.8 Å². The standard InChI is InChI=1S/C25H19ClN6O3/c26-18-9-4-8-17(14-18)21-19-10-5-11-20-22(19)32(24(33)23(28-21)29-30-27)13-12-31(20)25(34)35-15-16-6-2-1-3-7-16/h1-11,14,23H,12-13,15H2. The third-order valence-electron chi connectivity index (χ3n) is 5.80. The van der Waals surface area contributed by atoms with Gasteiger partial charge < -0.3 is 9.64 Å². The minimum absolute atomic E-state index is 0.127. The number of amides is 2. The van der Waals surface area contributed by atoms with Gasteiger partial charge in [0.15, 0.2) is 0 Å². The van der Waals surface area contributed by atoms with E-state index in [0.717, 1.165) is 5.56 Å². The Hall–Kier alpha value is -4.33. The number of anilines is 2. The highest BCUT2D eigenvalue weighted by Gasteiger charge is 2.38. The number of halogens is 1. The Morgan fingerprint density at radius 1 is 1.11 bits per heavy atom. The fraction of sp³-hybridized carbons (Fsp3) is 0.160. The van der Waals surface area contributed by atoms with Gasteiger partial charge in [0.05, 0.1) is 17.1 Å². The fourth-order valence-electron chi connectivity index (χ4n) is 4.24. The molecule has 0 radical (unpaired) electrons. The maximum Gasteiger partial charge on any atom is 0.414 e. The molecule has 0 aromatic heterocycles. The molecule has 3 aromatic rings. The second-order valence-corrected chi connectivity index (χ2v) is 8.36. The molecule has 0 bridgehead atoms. The summed E-state index contributed by atoms with van der Waals surface area (Å²) in [5.74, 6) is -0.467. The summed E-state index contributed by atoms with van der Waals surface area (Å²) in [6.07, 6.45) is -1.81. The lowest BCUT2D eigenvalue weighted by molar-refractivity contribution is -0.119. The molecule has 2 aliphatic rings. The average Bonchev–Trinajstić information content (AvgIpc) is 3.00. The molecule has 1 unspecified atom stereocenters. The van der Waals surface area contributed by atoms with E-state index in [1.807, 2.05) is 42.5 Å². The van der Waals surface area contributed by atoms with Crippen molar-refractivity contribution in [2.24, 2.45) is 10.1 Å². The number of benzene rings is 3. The van der Waals surface area contributed by atoms with E-state index < -0.39 is 18.2 Å². The number of para-hydroxylation sites is 1. The van der Waals surface area contributed by atoms with Gasteiger partial charge in [0, 0.05) is 34.2 Å². The largest absolute Gasteiger partial charge is 0.444 e. The highest BCUT2D eigenvalue weighted by Crippen LogP contribution is 2.40. The van der Waals surface area contributed by atoms with Crippen LogP contribution in [-0.2, 0) is 16.1 Å². The first-order chi connectivity index (χ1) is 17.1. The zero-order valence-electron chi connectivity index (χ0n) is 18.4. The Labute approximate surface area is 205 Å². The van der Waals surface area contributed by atoms with E-state index in [-0.39, 0.29) is 19.7 Å². The van der Waals surface area contributed by atoms with Gasteiger partial charge in [-0.15, -0.1) is 0 Å². The summed E-state index contributed by atoms with van der Waals surface area (Å²) in [5, 5.41) is 4.13. The Kier molecular flexibility index (Phi) is 6.10. The molecule has 0 N–H and O–H groups in total. The first-order valence-electron chi connectivity index (χ1n) is 10.9. The van der Waals surface area contributed by atoms with Crippen molar-refractivity contribution in [3.05, 3.63) is 105 Å². The fourth-order valence-corrected chi connectivity index (χ4v) is 4.43. The minimum atomic E-state index is -1.29. The van der Waals surface area contributed by atoms with Crippen LogP contribution in [0.4, 0.5) is 16.2 Å². The van der Waals surface area contributed by atoms with Gasteiger partial charge in [-0.1, -0.05) is 71.3 Å². The van der Waals surface area contributed by atoms with Gasteiger partial charge in [0.25, 0.3) is 5.91 Å². The third kappa shape index (κ3) is 4.30. The van der Waals surface area contributed by atoms with E-state index in [1.54, 1.807) is 30.3 Å². The molecule has 0 saturated carbocycles. The molecule has 35 heavy (non-hydrogen) atoms. The molecule has 3 aromatic carbocycles. The van der Waals surface area contributed by atoms with Crippen LogP contribution in [0.3, 0.4) is 0 Å². The van der Waals surface area contributed by atoms with Crippen LogP contribution in [-0.4, -0.2) is 37.0 Å². The SMILES string of the molecule is [N-]=[N+]=NC1N=C(c2cccc(Cl)c2)c2cccc3c2N(CCN3C(=O)OCc2ccccc2)C1=O. The lowest BCUT2D eigenvalue weighted by Crippen LogP contribution is -2.48. The highest BCUT2D eigenvalue weighted by molar-refractivity contribution is 6.31. The number of carbonyl (C=O) groups is 2. The van der Waals surface area contributed by atoms with Gasteiger partial charge in [-0.25, -0.2) is 4.79 Å².